The number of nitriles is 1. The number of nitrogens with zero attached hydrogens (tertiary/aromatic N) is 3. The van der Waals surface area contributed by atoms with Gasteiger partial charge in [-0.1, -0.05) is 6.92 Å². The van der Waals surface area contributed by atoms with Crippen molar-refractivity contribution in [1.29, 1.82) is 5.26 Å². The highest BCUT2D eigenvalue weighted by atomic mass is 32.1. The number of amides is 1. The van der Waals surface area contributed by atoms with Gasteiger partial charge < -0.3 is 5.32 Å². The van der Waals surface area contributed by atoms with Crippen LogP contribution in [0.1, 0.15) is 52.7 Å². The standard InChI is InChI=1S/C19H19F3N4OS/c1-10-5-6-11-13(8-23)18(28-15(11)7-10)24-16(27)9-26-14-4-2-3-12(14)17(25-26)19(20,21)22/h10H,2-7,9H2,1H3,(H,24,27)/t10-/m0/s1. The fraction of sp³-hybridized carbons (Fsp3) is 0.526. The fourth-order valence-electron chi connectivity index (χ4n) is 4.13. The van der Waals surface area contributed by atoms with Crippen molar-refractivity contribution in [2.24, 2.45) is 5.92 Å². The molecule has 2 aromatic rings. The van der Waals surface area contributed by atoms with Gasteiger partial charge in [-0.15, -0.1) is 11.3 Å². The number of carbonyl (C=O) groups is 1. The minimum Gasteiger partial charge on any atom is -0.315 e. The normalized spacial score (nSPS) is 18.5. The fourth-order valence-corrected chi connectivity index (χ4v) is 5.50. The van der Waals surface area contributed by atoms with Crippen LogP contribution in [-0.2, 0) is 43.2 Å². The predicted molar refractivity (Wildman–Crippen MR) is 98.1 cm³/mol. The summed E-state index contributed by atoms with van der Waals surface area (Å²) in [6.07, 6.45) is -0.370. The summed E-state index contributed by atoms with van der Waals surface area (Å²) >= 11 is 1.40. The molecular formula is C19H19F3N4OS. The first kappa shape index (κ1) is 19.0. The molecule has 0 unspecified atom stereocenters. The first-order chi connectivity index (χ1) is 13.3. The molecule has 0 bridgehead atoms. The van der Waals surface area contributed by atoms with E-state index in [1.54, 1.807) is 0 Å². The summed E-state index contributed by atoms with van der Waals surface area (Å²) in [6.45, 7) is 1.87. The van der Waals surface area contributed by atoms with E-state index >= 15 is 0 Å². The van der Waals surface area contributed by atoms with E-state index in [9.17, 15) is 23.2 Å². The maximum atomic E-state index is 13.2. The first-order valence-corrected chi connectivity index (χ1v) is 10.1. The molecule has 28 heavy (non-hydrogen) atoms. The largest absolute Gasteiger partial charge is 0.435 e. The van der Waals surface area contributed by atoms with Crippen LogP contribution in [0.4, 0.5) is 18.2 Å². The Morgan fingerprint density at radius 2 is 2.14 bits per heavy atom. The molecule has 2 aromatic heterocycles. The highest BCUT2D eigenvalue weighted by molar-refractivity contribution is 7.16. The van der Waals surface area contributed by atoms with Crippen molar-refractivity contribution in [3.63, 3.8) is 0 Å². The lowest BCUT2D eigenvalue weighted by Gasteiger charge is -2.17. The van der Waals surface area contributed by atoms with Gasteiger partial charge in [0.2, 0.25) is 5.91 Å². The molecule has 9 heteroatoms. The topological polar surface area (TPSA) is 70.7 Å². The van der Waals surface area contributed by atoms with Gasteiger partial charge >= 0.3 is 6.18 Å². The SMILES string of the molecule is C[C@H]1CCc2c(sc(NC(=O)Cn3nc(C(F)(F)F)c4c3CCC4)c2C#N)C1. The van der Waals surface area contributed by atoms with Crippen LogP contribution in [0.3, 0.4) is 0 Å². The number of aromatic nitrogens is 2. The average molecular weight is 408 g/mol. The van der Waals surface area contributed by atoms with Crippen LogP contribution in [0.5, 0.6) is 0 Å². The number of halogens is 3. The van der Waals surface area contributed by atoms with Gasteiger partial charge in [0.1, 0.15) is 17.6 Å². The van der Waals surface area contributed by atoms with Gasteiger partial charge in [0.25, 0.3) is 0 Å². The zero-order valence-corrected chi connectivity index (χ0v) is 16.1. The molecule has 4 rings (SSSR count). The van der Waals surface area contributed by atoms with Gasteiger partial charge in [-0.2, -0.15) is 23.5 Å². The van der Waals surface area contributed by atoms with Crippen molar-refractivity contribution in [2.75, 3.05) is 5.32 Å². The summed E-state index contributed by atoms with van der Waals surface area (Å²) in [5.41, 5.74) is 1.30. The van der Waals surface area contributed by atoms with Crippen molar-refractivity contribution < 1.29 is 18.0 Å². The van der Waals surface area contributed by atoms with Crippen molar-refractivity contribution in [1.82, 2.24) is 9.78 Å². The van der Waals surface area contributed by atoms with Gasteiger partial charge in [-0.05, 0) is 50.0 Å². The minimum absolute atomic E-state index is 0.207. The third kappa shape index (κ3) is 3.30. The van der Waals surface area contributed by atoms with Crippen molar-refractivity contribution >= 4 is 22.2 Å². The Balaban J connectivity index is 1.56. The third-order valence-corrected chi connectivity index (χ3v) is 6.61. The number of hydrogen-bond acceptors (Lipinski definition) is 4. The number of thiophene rings is 1. The molecule has 0 aromatic carbocycles. The number of fused-ring (bicyclic) bond motifs is 2. The van der Waals surface area contributed by atoms with Crippen LogP contribution in [0.15, 0.2) is 0 Å². The summed E-state index contributed by atoms with van der Waals surface area (Å²) in [6, 6.07) is 2.18. The number of anilines is 1. The molecule has 0 aliphatic heterocycles. The van der Waals surface area contributed by atoms with Crippen LogP contribution in [0.25, 0.3) is 0 Å². The van der Waals surface area contributed by atoms with Crippen molar-refractivity contribution in [3.05, 3.63) is 33.0 Å². The number of nitrogens with one attached hydrogen (secondary N) is 1. The van der Waals surface area contributed by atoms with E-state index < -0.39 is 17.8 Å². The second kappa shape index (κ2) is 6.92. The maximum Gasteiger partial charge on any atom is 0.435 e. The average Bonchev–Trinajstić information content (AvgIpc) is 3.28. The Morgan fingerprint density at radius 1 is 1.36 bits per heavy atom. The molecule has 148 valence electrons. The number of rotatable bonds is 3. The van der Waals surface area contributed by atoms with Gasteiger partial charge in [-0.3, -0.25) is 9.48 Å². The summed E-state index contributed by atoms with van der Waals surface area (Å²) in [4.78, 5) is 13.6. The molecule has 0 spiro atoms. The summed E-state index contributed by atoms with van der Waals surface area (Å²) < 4.78 is 40.7. The second-order valence-electron chi connectivity index (χ2n) is 7.50. The Hall–Kier alpha value is -2.34. The van der Waals surface area contributed by atoms with E-state index in [0.717, 1.165) is 29.7 Å². The minimum atomic E-state index is -4.52. The molecule has 0 saturated carbocycles. The molecule has 1 atom stereocenters. The Morgan fingerprint density at radius 3 is 2.86 bits per heavy atom. The lowest BCUT2D eigenvalue weighted by Crippen LogP contribution is -2.21. The molecule has 0 fully saturated rings. The molecule has 1 N–H and O–H groups in total. The summed E-state index contributed by atoms with van der Waals surface area (Å²) in [5.74, 6) is 0.0720. The van der Waals surface area contributed by atoms with E-state index in [4.69, 9.17) is 0 Å². The first-order valence-electron chi connectivity index (χ1n) is 9.28. The predicted octanol–water partition coefficient (Wildman–Crippen LogP) is 4.09. The third-order valence-electron chi connectivity index (χ3n) is 5.45. The zero-order valence-electron chi connectivity index (χ0n) is 15.3. The number of carbonyl (C=O) groups excluding carboxylic acids is 1. The molecule has 0 saturated heterocycles. The highest BCUT2D eigenvalue weighted by Gasteiger charge is 2.40. The van der Waals surface area contributed by atoms with Crippen LogP contribution >= 0.6 is 11.3 Å². The molecule has 1 amide bonds. The van der Waals surface area contributed by atoms with E-state index in [-0.39, 0.29) is 12.1 Å². The lowest BCUT2D eigenvalue weighted by atomic mass is 9.89. The van der Waals surface area contributed by atoms with E-state index in [1.807, 2.05) is 0 Å². The molecule has 5 nitrogen and oxygen atoms in total. The summed E-state index contributed by atoms with van der Waals surface area (Å²) in [7, 11) is 0. The van der Waals surface area contributed by atoms with Gasteiger partial charge in [0.15, 0.2) is 5.69 Å². The van der Waals surface area contributed by atoms with Gasteiger partial charge in [0, 0.05) is 16.1 Å². The van der Waals surface area contributed by atoms with Crippen molar-refractivity contribution in [3.8, 4) is 6.07 Å². The van der Waals surface area contributed by atoms with E-state index in [1.165, 1.54) is 16.0 Å². The van der Waals surface area contributed by atoms with Crippen LogP contribution in [0, 0.1) is 17.2 Å². The highest BCUT2D eigenvalue weighted by Crippen LogP contribution is 2.39. The monoisotopic (exact) mass is 408 g/mol. The number of hydrogen-bond donors (Lipinski definition) is 1. The lowest BCUT2D eigenvalue weighted by molar-refractivity contribution is -0.142. The number of alkyl halides is 3. The van der Waals surface area contributed by atoms with Crippen LogP contribution in [0.2, 0.25) is 0 Å². The maximum absolute atomic E-state index is 13.2. The smallest absolute Gasteiger partial charge is 0.315 e. The van der Waals surface area contributed by atoms with E-state index in [2.05, 4.69) is 23.4 Å². The Kier molecular flexibility index (Phi) is 4.70. The van der Waals surface area contributed by atoms with Crippen molar-refractivity contribution in [2.45, 2.75) is 58.2 Å². The molecular weight excluding hydrogens is 389 g/mol. The van der Waals surface area contributed by atoms with E-state index in [0.29, 0.717) is 41.4 Å². The summed E-state index contributed by atoms with van der Waals surface area (Å²) in [5, 5.41) is 16.4. The Bertz CT molecular complexity index is 983. The van der Waals surface area contributed by atoms with Crippen LogP contribution in [-0.4, -0.2) is 15.7 Å². The molecule has 0 radical (unpaired) electrons. The van der Waals surface area contributed by atoms with Gasteiger partial charge in [0.05, 0.1) is 5.56 Å². The molecule has 2 aliphatic carbocycles. The second-order valence-corrected chi connectivity index (χ2v) is 8.60. The Labute approximate surface area is 164 Å². The zero-order chi connectivity index (χ0) is 20.1. The molecule has 2 aliphatic rings. The quantitative estimate of drug-likeness (QED) is 0.832. The van der Waals surface area contributed by atoms with Crippen LogP contribution < -0.4 is 5.32 Å². The molecule has 2 heterocycles. The van der Waals surface area contributed by atoms with Gasteiger partial charge in [-0.25, -0.2) is 0 Å².